The van der Waals surface area contributed by atoms with Crippen molar-refractivity contribution < 1.29 is 4.79 Å². The van der Waals surface area contributed by atoms with E-state index in [1.165, 1.54) is 0 Å². The fraction of sp³-hybridized carbons (Fsp3) is 0.429. The number of carbonyl (C=O) groups is 1. The van der Waals surface area contributed by atoms with E-state index >= 15 is 0 Å². The van der Waals surface area contributed by atoms with Gasteiger partial charge in [-0.05, 0) is 32.1 Å². The van der Waals surface area contributed by atoms with Crippen LogP contribution in [0.2, 0.25) is 0 Å². The molecule has 0 aliphatic carbocycles. The zero-order valence-electron chi connectivity index (χ0n) is 11.1. The quantitative estimate of drug-likeness (QED) is 0.769. The van der Waals surface area contributed by atoms with Gasteiger partial charge in [0, 0.05) is 43.8 Å². The van der Waals surface area contributed by atoms with E-state index in [1.54, 1.807) is 6.20 Å². The minimum atomic E-state index is 0.112. The van der Waals surface area contributed by atoms with Crippen molar-refractivity contribution in [3.63, 3.8) is 0 Å². The molecule has 100 valence electrons. The summed E-state index contributed by atoms with van der Waals surface area (Å²) < 4.78 is 1.91. The van der Waals surface area contributed by atoms with Gasteiger partial charge < -0.3 is 14.2 Å². The van der Waals surface area contributed by atoms with E-state index in [4.69, 9.17) is 0 Å². The van der Waals surface area contributed by atoms with Crippen molar-refractivity contribution in [2.75, 3.05) is 33.2 Å². The number of hydrogen-bond donors (Lipinski definition) is 0. The first-order valence-electron chi connectivity index (χ1n) is 6.64. The number of rotatable bonds is 1. The molecule has 0 N–H and O–H groups in total. The number of imidazole rings is 1. The fourth-order valence-electron chi connectivity index (χ4n) is 2.48. The summed E-state index contributed by atoms with van der Waals surface area (Å²) in [5, 5.41) is 0. The molecule has 2 aromatic rings. The van der Waals surface area contributed by atoms with Crippen molar-refractivity contribution in [2.24, 2.45) is 0 Å². The van der Waals surface area contributed by atoms with Gasteiger partial charge in [0.05, 0.1) is 0 Å². The molecule has 0 spiro atoms. The topological polar surface area (TPSA) is 40.9 Å². The molecule has 5 nitrogen and oxygen atoms in total. The molecule has 1 aliphatic rings. The van der Waals surface area contributed by atoms with Crippen LogP contribution < -0.4 is 0 Å². The molecular formula is C14H18N4O. The lowest BCUT2D eigenvalue weighted by molar-refractivity contribution is 0.0763. The normalized spacial score (nSPS) is 17.6. The number of aromatic nitrogens is 2. The Morgan fingerprint density at radius 3 is 3.00 bits per heavy atom. The number of likely N-dealkylation sites (N-methyl/N-ethyl adjacent to an activating group) is 1. The summed E-state index contributed by atoms with van der Waals surface area (Å²) in [6.45, 7) is 3.64. The van der Waals surface area contributed by atoms with Crippen molar-refractivity contribution in [3.05, 3.63) is 36.3 Å². The third kappa shape index (κ3) is 2.46. The van der Waals surface area contributed by atoms with Gasteiger partial charge >= 0.3 is 0 Å². The van der Waals surface area contributed by atoms with Gasteiger partial charge in [-0.2, -0.15) is 0 Å². The summed E-state index contributed by atoms with van der Waals surface area (Å²) in [7, 11) is 2.10. The van der Waals surface area contributed by atoms with Crippen molar-refractivity contribution in [1.29, 1.82) is 0 Å². The van der Waals surface area contributed by atoms with Crippen LogP contribution in [-0.2, 0) is 0 Å². The highest BCUT2D eigenvalue weighted by Gasteiger charge is 2.19. The van der Waals surface area contributed by atoms with E-state index in [0.29, 0.717) is 0 Å². The third-order valence-electron chi connectivity index (χ3n) is 3.65. The van der Waals surface area contributed by atoms with Gasteiger partial charge in [0.15, 0.2) is 0 Å². The smallest absolute Gasteiger partial charge is 0.254 e. The lowest BCUT2D eigenvalue weighted by Crippen LogP contribution is -2.34. The molecule has 1 fully saturated rings. The van der Waals surface area contributed by atoms with Crippen LogP contribution in [0.3, 0.4) is 0 Å². The average molecular weight is 258 g/mol. The first kappa shape index (κ1) is 12.2. The van der Waals surface area contributed by atoms with Gasteiger partial charge in [-0.25, -0.2) is 4.98 Å². The molecule has 1 amide bonds. The Kier molecular flexibility index (Phi) is 3.21. The van der Waals surface area contributed by atoms with Crippen LogP contribution in [0.1, 0.15) is 16.8 Å². The highest BCUT2D eigenvalue weighted by atomic mass is 16.2. The minimum Gasteiger partial charge on any atom is -0.337 e. The van der Waals surface area contributed by atoms with Crippen molar-refractivity contribution in [2.45, 2.75) is 6.42 Å². The zero-order chi connectivity index (χ0) is 13.2. The number of carbonyl (C=O) groups excluding carboxylic acids is 1. The molecule has 0 unspecified atom stereocenters. The van der Waals surface area contributed by atoms with E-state index in [2.05, 4.69) is 16.9 Å². The molecular weight excluding hydrogens is 240 g/mol. The molecule has 2 aromatic heterocycles. The number of hydrogen-bond acceptors (Lipinski definition) is 3. The standard InChI is InChI=1S/C14H18N4O/c1-16-5-2-6-18(10-9-16)14(19)12-3-7-17-8-4-15-13(17)11-12/h3-4,7-8,11H,2,5-6,9-10H2,1H3. The Bertz CT molecular complexity index is 592. The van der Waals surface area contributed by atoms with Gasteiger partial charge in [-0.15, -0.1) is 0 Å². The zero-order valence-corrected chi connectivity index (χ0v) is 11.1. The number of pyridine rings is 1. The molecule has 0 atom stereocenters. The number of fused-ring (bicyclic) bond motifs is 1. The molecule has 3 rings (SSSR count). The second kappa shape index (κ2) is 5.01. The van der Waals surface area contributed by atoms with E-state index < -0.39 is 0 Å². The van der Waals surface area contributed by atoms with Gasteiger partial charge in [0.25, 0.3) is 5.91 Å². The Morgan fingerprint density at radius 2 is 2.11 bits per heavy atom. The predicted molar refractivity (Wildman–Crippen MR) is 73.2 cm³/mol. The van der Waals surface area contributed by atoms with Crippen LogP contribution in [0.4, 0.5) is 0 Å². The second-order valence-corrected chi connectivity index (χ2v) is 5.06. The third-order valence-corrected chi connectivity index (χ3v) is 3.65. The van der Waals surface area contributed by atoms with Crippen LogP contribution in [-0.4, -0.2) is 58.3 Å². The average Bonchev–Trinajstić information content (AvgIpc) is 2.78. The molecule has 0 aromatic carbocycles. The lowest BCUT2D eigenvalue weighted by atomic mass is 10.2. The first-order chi connectivity index (χ1) is 9.24. The van der Waals surface area contributed by atoms with E-state index in [9.17, 15) is 4.79 Å². The Morgan fingerprint density at radius 1 is 1.21 bits per heavy atom. The molecule has 0 saturated carbocycles. The van der Waals surface area contributed by atoms with Crippen molar-refractivity contribution in [1.82, 2.24) is 19.2 Å². The summed E-state index contributed by atoms with van der Waals surface area (Å²) >= 11 is 0. The van der Waals surface area contributed by atoms with E-state index in [0.717, 1.165) is 43.8 Å². The fourth-order valence-corrected chi connectivity index (χ4v) is 2.48. The van der Waals surface area contributed by atoms with Crippen LogP contribution in [0.15, 0.2) is 30.7 Å². The summed E-state index contributed by atoms with van der Waals surface area (Å²) in [6.07, 6.45) is 6.54. The maximum absolute atomic E-state index is 12.5. The molecule has 1 aliphatic heterocycles. The van der Waals surface area contributed by atoms with Gasteiger partial charge in [-0.1, -0.05) is 0 Å². The Hall–Kier alpha value is -1.88. The van der Waals surface area contributed by atoms with E-state index in [1.807, 2.05) is 33.8 Å². The summed E-state index contributed by atoms with van der Waals surface area (Å²) in [5.41, 5.74) is 1.54. The van der Waals surface area contributed by atoms with Crippen LogP contribution in [0.5, 0.6) is 0 Å². The second-order valence-electron chi connectivity index (χ2n) is 5.06. The van der Waals surface area contributed by atoms with Crippen LogP contribution in [0, 0.1) is 0 Å². The first-order valence-corrected chi connectivity index (χ1v) is 6.64. The minimum absolute atomic E-state index is 0.112. The summed E-state index contributed by atoms with van der Waals surface area (Å²) in [4.78, 5) is 20.9. The molecule has 1 saturated heterocycles. The molecule has 0 bridgehead atoms. The molecule has 19 heavy (non-hydrogen) atoms. The predicted octanol–water partition coefficient (Wildman–Crippen LogP) is 1.11. The summed E-state index contributed by atoms with van der Waals surface area (Å²) in [6, 6.07) is 3.72. The molecule has 3 heterocycles. The van der Waals surface area contributed by atoms with Gasteiger partial charge in [-0.3, -0.25) is 4.79 Å². The van der Waals surface area contributed by atoms with Crippen LogP contribution in [0.25, 0.3) is 5.65 Å². The highest BCUT2D eigenvalue weighted by Crippen LogP contribution is 2.11. The maximum atomic E-state index is 12.5. The Labute approximate surface area is 112 Å². The maximum Gasteiger partial charge on any atom is 0.254 e. The van der Waals surface area contributed by atoms with Gasteiger partial charge in [0.2, 0.25) is 0 Å². The number of amides is 1. The molecule has 5 heteroatoms. The van der Waals surface area contributed by atoms with Crippen LogP contribution >= 0.6 is 0 Å². The van der Waals surface area contributed by atoms with E-state index in [-0.39, 0.29) is 5.91 Å². The lowest BCUT2D eigenvalue weighted by Gasteiger charge is -2.20. The highest BCUT2D eigenvalue weighted by molar-refractivity contribution is 5.95. The monoisotopic (exact) mass is 258 g/mol. The Balaban J connectivity index is 1.82. The SMILES string of the molecule is CN1CCCN(C(=O)c2ccn3ccnc3c2)CC1. The largest absolute Gasteiger partial charge is 0.337 e. The van der Waals surface area contributed by atoms with Crippen molar-refractivity contribution >= 4 is 11.6 Å². The van der Waals surface area contributed by atoms with Crippen molar-refractivity contribution in [3.8, 4) is 0 Å². The molecule has 0 radical (unpaired) electrons. The van der Waals surface area contributed by atoms with Gasteiger partial charge in [0.1, 0.15) is 5.65 Å². The summed E-state index contributed by atoms with van der Waals surface area (Å²) in [5.74, 6) is 0.112. The number of nitrogens with zero attached hydrogens (tertiary/aromatic N) is 4.